The van der Waals surface area contributed by atoms with Crippen LogP contribution in [-0.4, -0.2) is 12.6 Å². The molecule has 0 aromatic heterocycles. The Labute approximate surface area is 241 Å². The van der Waals surface area contributed by atoms with E-state index < -0.39 is 0 Å². The zero-order chi connectivity index (χ0) is 27.8. The van der Waals surface area contributed by atoms with E-state index in [1.165, 1.54) is 173 Å². The van der Waals surface area contributed by atoms with Crippen molar-refractivity contribution in [3.63, 3.8) is 0 Å². The van der Waals surface area contributed by atoms with Crippen LogP contribution in [-0.2, 0) is 9.53 Å². The number of unbranched alkanes of at least 4 members (excludes halogenated alkanes) is 26. The minimum atomic E-state index is 0.0272. The fraction of sp³-hybridized carbons (Fsp3) is 0.972. The second kappa shape index (κ2) is 32.7. The van der Waals surface area contributed by atoms with E-state index in [1.807, 2.05) is 0 Å². The van der Waals surface area contributed by atoms with E-state index in [0.717, 1.165) is 18.8 Å². The molecule has 2 nitrogen and oxygen atoms in total. The maximum atomic E-state index is 11.9. The van der Waals surface area contributed by atoms with Gasteiger partial charge in [-0.1, -0.05) is 194 Å². The minimum absolute atomic E-state index is 0.0272. The highest BCUT2D eigenvalue weighted by Gasteiger charge is 2.03. The van der Waals surface area contributed by atoms with Gasteiger partial charge < -0.3 is 4.74 Å². The van der Waals surface area contributed by atoms with E-state index in [2.05, 4.69) is 20.8 Å². The molecule has 0 bridgehead atoms. The minimum Gasteiger partial charge on any atom is -0.466 e. The largest absolute Gasteiger partial charge is 0.466 e. The van der Waals surface area contributed by atoms with E-state index in [9.17, 15) is 4.79 Å². The summed E-state index contributed by atoms with van der Waals surface area (Å²) in [6.07, 6.45) is 40.2. The number of carbonyl (C=O) groups excluding carboxylic acids is 1. The molecular formula is C36H72O2. The molecule has 228 valence electrons. The molecule has 2 heteroatoms. The van der Waals surface area contributed by atoms with Gasteiger partial charge in [-0.2, -0.15) is 0 Å². The van der Waals surface area contributed by atoms with E-state index in [4.69, 9.17) is 4.74 Å². The standard InChI is InChI=1S/C36H72O2/c1-4-5-6-7-8-9-10-11-12-13-16-19-22-25-28-31-34-38-36(37)33-30-27-24-21-18-15-14-17-20-23-26-29-32-35(2)3/h35H,4-34H2,1-3H3. The van der Waals surface area contributed by atoms with Crippen molar-refractivity contribution in [1.29, 1.82) is 0 Å². The zero-order valence-corrected chi connectivity index (χ0v) is 26.8. The monoisotopic (exact) mass is 537 g/mol. The highest BCUT2D eigenvalue weighted by molar-refractivity contribution is 5.69. The van der Waals surface area contributed by atoms with Crippen molar-refractivity contribution in [3.05, 3.63) is 0 Å². The third kappa shape index (κ3) is 33.5. The highest BCUT2D eigenvalue weighted by Crippen LogP contribution is 2.16. The predicted octanol–water partition coefficient (Wildman–Crippen LogP) is 12.9. The summed E-state index contributed by atoms with van der Waals surface area (Å²) in [6, 6.07) is 0. The Hall–Kier alpha value is -0.530. The van der Waals surface area contributed by atoms with Crippen LogP contribution in [0.15, 0.2) is 0 Å². The van der Waals surface area contributed by atoms with Gasteiger partial charge in [0, 0.05) is 6.42 Å². The van der Waals surface area contributed by atoms with E-state index >= 15 is 0 Å². The first-order chi connectivity index (χ1) is 18.7. The quantitative estimate of drug-likeness (QED) is 0.0631. The molecule has 0 aromatic carbocycles. The Kier molecular flexibility index (Phi) is 32.2. The van der Waals surface area contributed by atoms with Gasteiger partial charge in [0.05, 0.1) is 6.61 Å². The number of hydrogen-bond donors (Lipinski definition) is 0. The normalized spacial score (nSPS) is 11.5. The fourth-order valence-corrected chi connectivity index (χ4v) is 5.50. The summed E-state index contributed by atoms with van der Waals surface area (Å²) >= 11 is 0. The van der Waals surface area contributed by atoms with Gasteiger partial charge in [0.2, 0.25) is 0 Å². The second-order valence-electron chi connectivity index (χ2n) is 12.7. The average Bonchev–Trinajstić information content (AvgIpc) is 2.90. The van der Waals surface area contributed by atoms with Crippen LogP contribution in [0, 0.1) is 5.92 Å². The SMILES string of the molecule is CCCCCCCCCCCCCCCCCCOC(=O)CCCCCCCCCCCCCCC(C)C. The van der Waals surface area contributed by atoms with Crippen molar-refractivity contribution < 1.29 is 9.53 Å². The first-order valence-electron chi connectivity index (χ1n) is 17.8. The van der Waals surface area contributed by atoms with Gasteiger partial charge in [-0.3, -0.25) is 4.79 Å². The maximum absolute atomic E-state index is 11.9. The molecule has 0 atom stereocenters. The molecule has 0 radical (unpaired) electrons. The molecular weight excluding hydrogens is 464 g/mol. The smallest absolute Gasteiger partial charge is 0.305 e. The number of esters is 1. The molecule has 0 N–H and O–H groups in total. The molecule has 0 rings (SSSR count). The summed E-state index contributed by atoms with van der Waals surface area (Å²) in [5.41, 5.74) is 0. The lowest BCUT2D eigenvalue weighted by Gasteiger charge is -2.06. The Morgan fingerprint density at radius 3 is 1.13 bits per heavy atom. The van der Waals surface area contributed by atoms with Crippen molar-refractivity contribution in [2.45, 2.75) is 213 Å². The first kappa shape index (κ1) is 37.5. The van der Waals surface area contributed by atoms with E-state index in [-0.39, 0.29) is 5.97 Å². The second-order valence-corrected chi connectivity index (χ2v) is 12.7. The van der Waals surface area contributed by atoms with Crippen molar-refractivity contribution in [2.24, 2.45) is 5.92 Å². The average molecular weight is 537 g/mol. The predicted molar refractivity (Wildman–Crippen MR) is 170 cm³/mol. The van der Waals surface area contributed by atoms with E-state index in [0.29, 0.717) is 13.0 Å². The molecule has 0 heterocycles. The lowest BCUT2D eigenvalue weighted by molar-refractivity contribution is -0.143. The highest BCUT2D eigenvalue weighted by atomic mass is 16.5. The molecule has 0 aliphatic heterocycles. The van der Waals surface area contributed by atoms with Gasteiger partial charge in [0.25, 0.3) is 0 Å². The van der Waals surface area contributed by atoms with Gasteiger partial charge >= 0.3 is 5.97 Å². The van der Waals surface area contributed by atoms with Crippen molar-refractivity contribution in [3.8, 4) is 0 Å². The lowest BCUT2D eigenvalue weighted by Crippen LogP contribution is -2.05. The molecule has 38 heavy (non-hydrogen) atoms. The molecule has 0 aromatic rings. The number of rotatable bonds is 32. The van der Waals surface area contributed by atoms with Gasteiger partial charge in [-0.05, 0) is 18.8 Å². The maximum Gasteiger partial charge on any atom is 0.305 e. The molecule has 0 aliphatic rings. The van der Waals surface area contributed by atoms with Crippen LogP contribution in [0.4, 0.5) is 0 Å². The lowest BCUT2D eigenvalue weighted by atomic mass is 10.0. The van der Waals surface area contributed by atoms with Crippen LogP contribution in [0.2, 0.25) is 0 Å². The van der Waals surface area contributed by atoms with Crippen LogP contribution in [0.3, 0.4) is 0 Å². The summed E-state index contributed by atoms with van der Waals surface area (Å²) in [7, 11) is 0. The summed E-state index contributed by atoms with van der Waals surface area (Å²) in [6.45, 7) is 7.58. The fourth-order valence-electron chi connectivity index (χ4n) is 5.50. The molecule has 0 spiro atoms. The molecule has 0 unspecified atom stereocenters. The van der Waals surface area contributed by atoms with Crippen LogP contribution >= 0.6 is 0 Å². The number of ether oxygens (including phenoxy) is 1. The number of carbonyl (C=O) groups is 1. The third-order valence-corrected chi connectivity index (χ3v) is 8.17. The summed E-state index contributed by atoms with van der Waals surface area (Å²) in [5, 5.41) is 0. The molecule has 0 amide bonds. The van der Waals surface area contributed by atoms with Crippen molar-refractivity contribution >= 4 is 5.97 Å². The summed E-state index contributed by atoms with van der Waals surface area (Å²) in [4.78, 5) is 11.9. The Balaban J connectivity index is 3.15. The zero-order valence-electron chi connectivity index (χ0n) is 26.8. The van der Waals surface area contributed by atoms with Crippen LogP contribution in [0.25, 0.3) is 0 Å². The Morgan fingerprint density at radius 2 is 0.763 bits per heavy atom. The molecule has 0 fully saturated rings. The Morgan fingerprint density at radius 1 is 0.447 bits per heavy atom. The Bertz CT molecular complexity index is 445. The topological polar surface area (TPSA) is 26.3 Å². The summed E-state index contributed by atoms with van der Waals surface area (Å²) < 4.78 is 5.44. The number of hydrogen-bond acceptors (Lipinski definition) is 2. The summed E-state index contributed by atoms with van der Waals surface area (Å²) in [5.74, 6) is 0.897. The van der Waals surface area contributed by atoms with Crippen molar-refractivity contribution in [1.82, 2.24) is 0 Å². The van der Waals surface area contributed by atoms with Crippen LogP contribution in [0.5, 0.6) is 0 Å². The van der Waals surface area contributed by atoms with E-state index in [1.54, 1.807) is 0 Å². The van der Waals surface area contributed by atoms with Gasteiger partial charge in [-0.15, -0.1) is 0 Å². The molecule has 0 aliphatic carbocycles. The third-order valence-electron chi connectivity index (χ3n) is 8.17. The van der Waals surface area contributed by atoms with Crippen LogP contribution in [0.1, 0.15) is 213 Å². The van der Waals surface area contributed by atoms with Gasteiger partial charge in [-0.25, -0.2) is 0 Å². The molecule has 0 saturated carbocycles. The molecule has 0 saturated heterocycles. The van der Waals surface area contributed by atoms with Crippen molar-refractivity contribution in [2.75, 3.05) is 6.61 Å². The first-order valence-corrected chi connectivity index (χ1v) is 17.8. The van der Waals surface area contributed by atoms with Gasteiger partial charge in [0.15, 0.2) is 0 Å². The van der Waals surface area contributed by atoms with Crippen LogP contribution < -0.4 is 0 Å². The van der Waals surface area contributed by atoms with Gasteiger partial charge in [0.1, 0.15) is 0 Å².